The number of aryl methyl sites for hydroxylation is 1. The molecule has 5 nitrogen and oxygen atoms in total. The number of aliphatic hydroxyl groups is 1. The lowest BCUT2D eigenvalue weighted by atomic mass is 9.96. The summed E-state index contributed by atoms with van der Waals surface area (Å²) in [7, 11) is 0. The van der Waals surface area contributed by atoms with E-state index >= 15 is 0 Å². The molecule has 1 aromatic carbocycles. The number of hydrogen-bond donors (Lipinski definition) is 2. The van der Waals surface area contributed by atoms with Crippen LogP contribution in [0, 0.1) is 11.3 Å². The van der Waals surface area contributed by atoms with E-state index in [9.17, 15) is 5.11 Å². The molecule has 1 heterocycles. The minimum absolute atomic E-state index is 0.0711. The van der Waals surface area contributed by atoms with Gasteiger partial charge in [0.1, 0.15) is 30.1 Å². The molecule has 0 bridgehead atoms. The van der Waals surface area contributed by atoms with Crippen molar-refractivity contribution in [3.63, 3.8) is 0 Å². The van der Waals surface area contributed by atoms with E-state index in [0.717, 1.165) is 18.5 Å². The van der Waals surface area contributed by atoms with Crippen LogP contribution in [0.4, 0.5) is 0 Å². The predicted octanol–water partition coefficient (Wildman–Crippen LogP) is 3.52. The zero-order chi connectivity index (χ0) is 19.9. The number of aliphatic hydroxyl groups excluding tert-OH is 1. The standard InChI is InChI=1S/C21H26ClN3O2/c1-4-15-8-9-24-16(10-15)11-21(2,3)25-13-17(26)14-27-20-7-5-6-19(22)18(20)12-23/h5-10,17,25-26H,4,11,13-14H2,1-3H3/t17-/m1/s1. The Kier molecular flexibility index (Phi) is 7.61. The Morgan fingerprint density at radius 1 is 1.37 bits per heavy atom. The van der Waals surface area contributed by atoms with E-state index in [-0.39, 0.29) is 17.7 Å². The van der Waals surface area contributed by atoms with Crippen molar-refractivity contribution in [3.05, 3.63) is 58.4 Å². The summed E-state index contributed by atoms with van der Waals surface area (Å²) in [5, 5.41) is 23.1. The van der Waals surface area contributed by atoms with Crippen LogP contribution in [0.15, 0.2) is 36.5 Å². The number of aromatic nitrogens is 1. The highest BCUT2D eigenvalue weighted by Gasteiger charge is 2.20. The van der Waals surface area contributed by atoms with Gasteiger partial charge in [-0.3, -0.25) is 4.98 Å². The van der Waals surface area contributed by atoms with Crippen molar-refractivity contribution in [2.75, 3.05) is 13.2 Å². The summed E-state index contributed by atoms with van der Waals surface area (Å²) in [6.45, 7) is 6.71. The molecule has 6 heteroatoms. The van der Waals surface area contributed by atoms with E-state index in [1.54, 1.807) is 18.2 Å². The molecular formula is C21H26ClN3O2. The van der Waals surface area contributed by atoms with Gasteiger partial charge in [-0.1, -0.05) is 24.6 Å². The third-order valence-electron chi connectivity index (χ3n) is 4.25. The van der Waals surface area contributed by atoms with Gasteiger partial charge in [0.15, 0.2) is 0 Å². The van der Waals surface area contributed by atoms with Crippen molar-refractivity contribution in [2.45, 2.75) is 45.3 Å². The molecule has 0 fully saturated rings. The third kappa shape index (κ3) is 6.51. The number of β-amino-alcohol motifs (C(OH)–C–C–N with tert-alkyl or cyclic N) is 1. The normalized spacial score (nSPS) is 12.4. The molecule has 144 valence electrons. The molecule has 2 aromatic rings. The van der Waals surface area contributed by atoms with Crippen LogP contribution >= 0.6 is 11.6 Å². The van der Waals surface area contributed by atoms with Crippen LogP contribution in [0.1, 0.15) is 37.6 Å². The summed E-state index contributed by atoms with van der Waals surface area (Å²) in [4.78, 5) is 4.43. The number of pyridine rings is 1. The van der Waals surface area contributed by atoms with Crippen LogP contribution in [0.3, 0.4) is 0 Å². The van der Waals surface area contributed by atoms with Crippen LogP contribution in [0.25, 0.3) is 0 Å². The summed E-state index contributed by atoms with van der Waals surface area (Å²) in [6, 6.07) is 11.2. The SMILES string of the molecule is CCc1ccnc(CC(C)(C)NC[C@@H](O)COc2cccc(Cl)c2C#N)c1. The number of nitrogens with zero attached hydrogens (tertiary/aromatic N) is 2. The number of hydrogen-bond acceptors (Lipinski definition) is 5. The van der Waals surface area contributed by atoms with Gasteiger partial charge in [0.2, 0.25) is 0 Å². The van der Waals surface area contributed by atoms with Gasteiger partial charge in [0, 0.05) is 30.4 Å². The fourth-order valence-electron chi connectivity index (χ4n) is 2.73. The van der Waals surface area contributed by atoms with E-state index < -0.39 is 6.10 Å². The first-order valence-electron chi connectivity index (χ1n) is 9.03. The summed E-state index contributed by atoms with van der Waals surface area (Å²) >= 11 is 5.98. The maximum Gasteiger partial charge on any atom is 0.138 e. The minimum Gasteiger partial charge on any atom is -0.489 e. The average molecular weight is 388 g/mol. The minimum atomic E-state index is -0.718. The van der Waals surface area contributed by atoms with E-state index in [0.29, 0.717) is 17.3 Å². The van der Waals surface area contributed by atoms with Crippen LogP contribution < -0.4 is 10.1 Å². The molecular weight excluding hydrogens is 362 g/mol. The zero-order valence-corrected chi connectivity index (χ0v) is 16.8. The molecule has 0 unspecified atom stereocenters. The fraction of sp³-hybridized carbons (Fsp3) is 0.429. The first-order valence-corrected chi connectivity index (χ1v) is 9.40. The molecule has 0 amide bonds. The van der Waals surface area contributed by atoms with Crippen molar-refractivity contribution in [1.29, 1.82) is 5.26 Å². The number of nitrogens with one attached hydrogen (secondary N) is 1. The molecule has 27 heavy (non-hydrogen) atoms. The van der Waals surface area contributed by atoms with Crippen molar-refractivity contribution in [1.82, 2.24) is 10.3 Å². The quantitative estimate of drug-likeness (QED) is 0.688. The Morgan fingerprint density at radius 2 is 2.15 bits per heavy atom. The van der Waals surface area contributed by atoms with E-state index in [1.807, 2.05) is 18.3 Å². The van der Waals surface area contributed by atoms with E-state index in [4.69, 9.17) is 21.6 Å². The molecule has 0 saturated heterocycles. The third-order valence-corrected chi connectivity index (χ3v) is 4.56. The molecule has 2 N–H and O–H groups in total. The Morgan fingerprint density at radius 3 is 2.85 bits per heavy atom. The zero-order valence-electron chi connectivity index (χ0n) is 16.0. The second-order valence-corrected chi connectivity index (χ2v) is 7.55. The van der Waals surface area contributed by atoms with Gasteiger partial charge in [0.25, 0.3) is 0 Å². The smallest absolute Gasteiger partial charge is 0.138 e. The topological polar surface area (TPSA) is 78.2 Å². The largest absolute Gasteiger partial charge is 0.489 e. The first-order chi connectivity index (χ1) is 12.8. The maximum absolute atomic E-state index is 10.2. The van der Waals surface area contributed by atoms with Gasteiger partial charge in [0.05, 0.1) is 5.02 Å². The Hall–Kier alpha value is -2.13. The van der Waals surface area contributed by atoms with Crippen molar-refractivity contribution in [2.24, 2.45) is 0 Å². The maximum atomic E-state index is 10.2. The number of halogens is 1. The van der Waals surface area contributed by atoms with Crippen molar-refractivity contribution >= 4 is 11.6 Å². The van der Waals surface area contributed by atoms with Crippen LogP contribution in [-0.4, -0.2) is 34.9 Å². The molecule has 0 saturated carbocycles. The first kappa shape index (κ1) is 21.2. The second kappa shape index (κ2) is 9.70. The van der Waals surface area contributed by atoms with Gasteiger partial charge in [-0.25, -0.2) is 0 Å². The highest BCUT2D eigenvalue weighted by atomic mass is 35.5. The van der Waals surface area contributed by atoms with Gasteiger partial charge in [-0.15, -0.1) is 0 Å². The molecule has 0 radical (unpaired) electrons. The summed E-state index contributed by atoms with van der Waals surface area (Å²) in [6.07, 6.45) is 2.85. The van der Waals surface area contributed by atoms with Crippen molar-refractivity contribution in [3.8, 4) is 11.8 Å². The van der Waals surface area contributed by atoms with Gasteiger partial charge in [-0.05, 0) is 50.1 Å². The molecule has 0 aliphatic carbocycles. The lowest BCUT2D eigenvalue weighted by Crippen LogP contribution is -2.46. The fourth-order valence-corrected chi connectivity index (χ4v) is 2.94. The summed E-state index contributed by atoms with van der Waals surface area (Å²) in [5.41, 5.74) is 2.34. The summed E-state index contributed by atoms with van der Waals surface area (Å²) in [5.74, 6) is 0.379. The van der Waals surface area contributed by atoms with Crippen molar-refractivity contribution < 1.29 is 9.84 Å². The number of nitriles is 1. The molecule has 2 rings (SSSR count). The summed E-state index contributed by atoms with van der Waals surface area (Å²) < 4.78 is 5.58. The molecule has 1 aromatic heterocycles. The Balaban J connectivity index is 1.86. The molecule has 0 aliphatic rings. The number of benzene rings is 1. The predicted molar refractivity (Wildman–Crippen MR) is 107 cm³/mol. The van der Waals surface area contributed by atoms with Gasteiger partial charge in [-0.2, -0.15) is 5.26 Å². The molecule has 0 aliphatic heterocycles. The number of rotatable bonds is 9. The second-order valence-electron chi connectivity index (χ2n) is 7.14. The average Bonchev–Trinajstić information content (AvgIpc) is 2.64. The highest BCUT2D eigenvalue weighted by Crippen LogP contribution is 2.25. The molecule has 0 spiro atoms. The lowest BCUT2D eigenvalue weighted by Gasteiger charge is -2.27. The van der Waals surface area contributed by atoms with Crippen LogP contribution in [0.5, 0.6) is 5.75 Å². The van der Waals surface area contributed by atoms with Crippen LogP contribution in [0.2, 0.25) is 5.02 Å². The van der Waals surface area contributed by atoms with E-state index in [2.05, 4.69) is 37.1 Å². The monoisotopic (exact) mass is 387 g/mol. The molecule has 1 atom stereocenters. The highest BCUT2D eigenvalue weighted by molar-refractivity contribution is 6.31. The Bertz CT molecular complexity index is 802. The lowest BCUT2D eigenvalue weighted by molar-refractivity contribution is 0.0986. The van der Waals surface area contributed by atoms with Crippen LogP contribution in [-0.2, 0) is 12.8 Å². The number of ether oxygens (including phenoxy) is 1. The Labute approximate surface area is 166 Å². The van der Waals surface area contributed by atoms with Gasteiger partial charge < -0.3 is 15.2 Å². The van der Waals surface area contributed by atoms with Gasteiger partial charge >= 0.3 is 0 Å². The van der Waals surface area contributed by atoms with E-state index in [1.165, 1.54) is 5.56 Å².